The molecule has 3 nitrogen and oxygen atoms in total. The van der Waals surface area contributed by atoms with Gasteiger partial charge < -0.3 is 10.6 Å². The van der Waals surface area contributed by atoms with Crippen LogP contribution < -0.4 is 15.2 Å². The maximum absolute atomic E-state index is 5.20. The summed E-state index contributed by atoms with van der Waals surface area (Å²) in [5, 5.41) is 0. The standard InChI is InChI=1S/C17H18N3/c1-19-12-9-16(10-13-19)4-3-15-5-7-17(8-6-15)20(2)14-11-18/h3-10,12-13H,18H2,1-2H3/q+1. The molecule has 1 aromatic heterocycles. The predicted octanol–water partition coefficient (Wildman–Crippen LogP) is 1.99. The highest BCUT2D eigenvalue weighted by Gasteiger charge is 1.96. The molecule has 0 amide bonds. The van der Waals surface area contributed by atoms with Gasteiger partial charge in [-0.2, -0.15) is 0 Å². The van der Waals surface area contributed by atoms with Crippen LogP contribution in [-0.4, -0.2) is 7.05 Å². The zero-order valence-corrected chi connectivity index (χ0v) is 11.7. The van der Waals surface area contributed by atoms with Gasteiger partial charge in [0, 0.05) is 37.0 Å². The average Bonchev–Trinajstić information content (AvgIpc) is 2.47. The van der Waals surface area contributed by atoms with Crippen LogP contribution in [0.25, 0.3) is 12.2 Å². The molecule has 0 fully saturated rings. The Morgan fingerprint density at radius 1 is 1.00 bits per heavy atom. The van der Waals surface area contributed by atoms with Crippen LogP contribution in [0.2, 0.25) is 0 Å². The van der Waals surface area contributed by atoms with Gasteiger partial charge in [-0.25, -0.2) is 4.57 Å². The molecule has 0 aliphatic rings. The summed E-state index contributed by atoms with van der Waals surface area (Å²) in [5.74, 6) is 0. The average molecular weight is 264 g/mol. The van der Waals surface area contributed by atoms with Crippen LogP contribution in [0.3, 0.4) is 0 Å². The van der Waals surface area contributed by atoms with Crippen LogP contribution >= 0.6 is 0 Å². The van der Waals surface area contributed by atoms with Crippen molar-refractivity contribution in [2.24, 2.45) is 12.8 Å². The zero-order chi connectivity index (χ0) is 14.4. The number of nitrogens with two attached hydrogens (primary N) is 1. The van der Waals surface area contributed by atoms with Gasteiger partial charge in [-0.05, 0) is 23.3 Å². The Hall–Kier alpha value is -2.73. The van der Waals surface area contributed by atoms with E-state index in [1.54, 1.807) is 4.90 Å². The highest BCUT2D eigenvalue weighted by molar-refractivity contribution is 5.70. The van der Waals surface area contributed by atoms with Gasteiger partial charge in [0.1, 0.15) is 7.05 Å². The van der Waals surface area contributed by atoms with E-state index in [1.807, 2.05) is 43.2 Å². The topological polar surface area (TPSA) is 33.1 Å². The Labute approximate surface area is 120 Å². The molecule has 0 bridgehead atoms. The molecule has 0 atom stereocenters. The van der Waals surface area contributed by atoms with E-state index in [4.69, 9.17) is 5.73 Å². The van der Waals surface area contributed by atoms with Crippen molar-refractivity contribution < 1.29 is 4.57 Å². The van der Waals surface area contributed by atoms with E-state index in [0.29, 0.717) is 0 Å². The third kappa shape index (κ3) is 3.63. The van der Waals surface area contributed by atoms with Crippen LogP contribution in [0.15, 0.2) is 48.8 Å². The Bertz CT molecular complexity index is 643. The van der Waals surface area contributed by atoms with Crippen molar-refractivity contribution in [2.75, 3.05) is 11.9 Å². The Balaban J connectivity index is 2.10. The second kappa shape index (κ2) is 6.44. The molecular weight excluding hydrogens is 246 g/mol. The first-order valence-electron chi connectivity index (χ1n) is 6.37. The number of benzene rings is 1. The minimum Gasteiger partial charge on any atom is -0.358 e. The van der Waals surface area contributed by atoms with Crippen molar-refractivity contribution in [1.82, 2.24) is 0 Å². The molecule has 0 unspecified atom stereocenters. The number of aryl methyl sites for hydroxylation is 1. The Kier molecular flexibility index (Phi) is 4.41. The molecule has 2 aromatic rings. The first-order valence-corrected chi connectivity index (χ1v) is 6.37. The number of aromatic nitrogens is 1. The summed E-state index contributed by atoms with van der Waals surface area (Å²) in [6, 6.07) is 17.5. The summed E-state index contributed by atoms with van der Waals surface area (Å²) in [6.07, 6.45) is 8.25. The summed E-state index contributed by atoms with van der Waals surface area (Å²) in [5.41, 5.74) is 8.55. The van der Waals surface area contributed by atoms with Crippen molar-refractivity contribution in [3.05, 3.63) is 59.9 Å². The summed E-state index contributed by atoms with van der Waals surface area (Å²) in [4.78, 5) is 1.80. The molecule has 20 heavy (non-hydrogen) atoms. The van der Waals surface area contributed by atoms with Crippen LogP contribution in [-0.2, 0) is 7.05 Å². The van der Waals surface area contributed by atoms with E-state index in [1.165, 1.54) is 5.56 Å². The number of pyridine rings is 1. The van der Waals surface area contributed by atoms with Gasteiger partial charge >= 0.3 is 0 Å². The fourth-order valence-electron chi connectivity index (χ4n) is 1.79. The van der Waals surface area contributed by atoms with Crippen molar-refractivity contribution >= 4 is 17.8 Å². The highest BCUT2D eigenvalue weighted by atomic mass is 15.1. The smallest absolute Gasteiger partial charge is 0.169 e. The minimum absolute atomic E-state index is 1.02. The normalized spacial score (nSPS) is 10.1. The monoisotopic (exact) mass is 264 g/mol. The van der Waals surface area contributed by atoms with Crippen LogP contribution in [0.1, 0.15) is 11.1 Å². The van der Waals surface area contributed by atoms with Crippen molar-refractivity contribution in [3.63, 3.8) is 0 Å². The predicted molar refractivity (Wildman–Crippen MR) is 83.4 cm³/mol. The van der Waals surface area contributed by atoms with E-state index >= 15 is 0 Å². The number of rotatable bonds is 3. The molecule has 0 saturated carbocycles. The minimum atomic E-state index is 1.02. The molecule has 1 heterocycles. The first kappa shape index (κ1) is 13.7. The zero-order valence-electron chi connectivity index (χ0n) is 11.7. The number of nitrogens with zero attached hydrogens (tertiary/aromatic N) is 2. The summed E-state index contributed by atoms with van der Waals surface area (Å²) >= 11 is 0. The van der Waals surface area contributed by atoms with E-state index in [-0.39, 0.29) is 0 Å². The van der Waals surface area contributed by atoms with Crippen molar-refractivity contribution in [3.8, 4) is 12.1 Å². The molecule has 0 aliphatic carbocycles. The van der Waals surface area contributed by atoms with Crippen LogP contribution in [0, 0.1) is 12.1 Å². The largest absolute Gasteiger partial charge is 0.358 e. The third-order valence-electron chi connectivity index (χ3n) is 2.99. The molecular formula is C17H18N3+. The van der Waals surface area contributed by atoms with E-state index in [0.717, 1.165) is 11.3 Å². The second-order valence-electron chi connectivity index (χ2n) is 4.54. The van der Waals surface area contributed by atoms with Crippen LogP contribution in [0.4, 0.5) is 5.69 Å². The maximum atomic E-state index is 5.20. The first-order chi connectivity index (χ1) is 9.69. The maximum Gasteiger partial charge on any atom is 0.169 e. The van der Waals surface area contributed by atoms with Crippen molar-refractivity contribution in [1.29, 1.82) is 0 Å². The molecule has 0 radical (unpaired) electrons. The number of hydrogen-bond donors (Lipinski definition) is 1. The van der Waals surface area contributed by atoms with E-state index in [2.05, 4.69) is 48.5 Å². The van der Waals surface area contributed by atoms with E-state index < -0.39 is 0 Å². The van der Waals surface area contributed by atoms with Gasteiger partial charge in [-0.1, -0.05) is 24.3 Å². The molecule has 3 heteroatoms. The van der Waals surface area contributed by atoms with Gasteiger partial charge in [0.05, 0.1) is 0 Å². The molecule has 0 aliphatic heterocycles. The molecule has 1 aromatic carbocycles. The third-order valence-corrected chi connectivity index (χ3v) is 2.99. The molecule has 0 saturated heterocycles. The molecule has 2 N–H and O–H groups in total. The Morgan fingerprint density at radius 3 is 2.10 bits per heavy atom. The molecule has 0 spiro atoms. The van der Waals surface area contributed by atoms with Gasteiger partial charge in [0.2, 0.25) is 0 Å². The number of anilines is 1. The van der Waals surface area contributed by atoms with Gasteiger partial charge in [0.15, 0.2) is 12.4 Å². The summed E-state index contributed by atoms with van der Waals surface area (Å²) in [7, 11) is 3.89. The summed E-state index contributed by atoms with van der Waals surface area (Å²) in [6.45, 7) is 0. The SMILES string of the molecule is CN(C#CN)c1ccc(C=Cc2cc[n+](C)cc2)cc1. The molecule has 2 rings (SSSR count). The second-order valence-corrected chi connectivity index (χ2v) is 4.54. The van der Waals surface area contributed by atoms with Crippen molar-refractivity contribution in [2.45, 2.75) is 0 Å². The van der Waals surface area contributed by atoms with Gasteiger partial charge in [-0.3, -0.25) is 0 Å². The number of hydrogen-bond acceptors (Lipinski definition) is 2. The Morgan fingerprint density at radius 2 is 1.55 bits per heavy atom. The van der Waals surface area contributed by atoms with E-state index in [9.17, 15) is 0 Å². The fraction of sp³-hybridized carbons (Fsp3) is 0.118. The summed E-state index contributed by atoms with van der Waals surface area (Å²) < 4.78 is 2.01. The lowest BCUT2D eigenvalue weighted by atomic mass is 10.1. The quantitative estimate of drug-likeness (QED) is 0.522. The van der Waals surface area contributed by atoms with Gasteiger partial charge in [0.25, 0.3) is 0 Å². The highest BCUT2D eigenvalue weighted by Crippen LogP contribution is 2.14. The fourth-order valence-corrected chi connectivity index (χ4v) is 1.79. The lowest BCUT2D eigenvalue weighted by Gasteiger charge is -2.10. The van der Waals surface area contributed by atoms with Gasteiger partial charge in [-0.15, -0.1) is 0 Å². The lowest BCUT2D eigenvalue weighted by Crippen LogP contribution is -2.25. The molecule has 100 valence electrons. The van der Waals surface area contributed by atoms with Crippen LogP contribution in [0.5, 0.6) is 0 Å². The lowest BCUT2D eigenvalue weighted by molar-refractivity contribution is -0.671.